The molecule has 0 aliphatic carbocycles. The molecule has 1 aliphatic rings. The van der Waals surface area contributed by atoms with Crippen LogP contribution < -0.4 is 5.32 Å². The van der Waals surface area contributed by atoms with Crippen molar-refractivity contribution in [1.82, 2.24) is 5.32 Å². The van der Waals surface area contributed by atoms with Crippen LogP contribution in [0.1, 0.15) is 24.8 Å². The zero-order valence-electron chi connectivity index (χ0n) is 9.07. The molecule has 0 bridgehead atoms. The predicted molar refractivity (Wildman–Crippen MR) is 62.9 cm³/mol. The van der Waals surface area contributed by atoms with E-state index in [0.29, 0.717) is 5.57 Å². The summed E-state index contributed by atoms with van der Waals surface area (Å²) in [6.07, 6.45) is 3.01. The van der Waals surface area contributed by atoms with Crippen molar-refractivity contribution in [3.8, 4) is 0 Å². The highest BCUT2D eigenvalue weighted by Gasteiger charge is 2.17. The molecule has 16 heavy (non-hydrogen) atoms. The molecule has 3 heteroatoms. The van der Waals surface area contributed by atoms with Crippen molar-refractivity contribution < 1.29 is 9.90 Å². The fourth-order valence-electron chi connectivity index (χ4n) is 2.00. The predicted octanol–water partition coefficient (Wildman–Crippen LogP) is 2.26. The van der Waals surface area contributed by atoms with Crippen LogP contribution in [0, 0.1) is 0 Å². The van der Waals surface area contributed by atoms with Gasteiger partial charge in [-0.05, 0) is 24.8 Å². The summed E-state index contributed by atoms with van der Waals surface area (Å²) in [5, 5.41) is 12.5. The summed E-state index contributed by atoms with van der Waals surface area (Å²) in [4.78, 5) is 11.3. The minimum Gasteiger partial charge on any atom is -0.478 e. The molecule has 1 heterocycles. The van der Waals surface area contributed by atoms with E-state index in [1.807, 2.05) is 30.3 Å². The molecule has 1 aromatic carbocycles. The maximum atomic E-state index is 11.3. The van der Waals surface area contributed by atoms with E-state index in [9.17, 15) is 9.90 Å². The smallest absolute Gasteiger partial charge is 0.338 e. The summed E-state index contributed by atoms with van der Waals surface area (Å²) < 4.78 is 0. The summed E-state index contributed by atoms with van der Waals surface area (Å²) >= 11 is 0. The zero-order chi connectivity index (χ0) is 11.4. The van der Waals surface area contributed by atoms with Crippen LogP contribution in [0.25, 0.3) is 5.57 Å². The number of allylic oxidation sites excluding steroid dienone is 1. The molecule has 84 valence electrons. The third-order valence-corrected chi connectivity index (χ3v) is 2.77. The van der Waals surface area contributed by atoms with E-state index in [1.54, 1.807) is 0 Å². The van der Waals surface area contributed by atoms with E-state index in [-0.39, 0.29) is 0 Å². The molecular weight excluding hydrogens is 202 g/mol. The highest BCUT2D eigenvalue weighted by molar-refractivity contribution is 6.16. The normalized spacial score (nSPS) is 18.8. The molecule has 0 spiro atoms. The van der Waals surface area contributed by atoms with Gasteiger partial charge in [0.2, 0.25) is 0 Å². The molecule has 0 aromatic heterocycles. The van der Waals surface area contributed by atoms with Crippen LogP contribution in [0.4, 0.5) is 0 Å². The van der Waals surface area contributed by atoms with E-state index in [2.05, 4.69) is 5.32 Å². The van der Waals surface area contributed by atoms with E-state index >= 15 is 0 Å². The molecule has 0 atom stereocenters. The molecular formula is C13H15NO2. The van der Waals surface area contributed by atoms with Crippen molar-refractivity contribution in [2.75, 3.05) is 6.54 Å². The van der Waals surface area contributed by atoms with Gasteiger partial charge in [-0.25, -0.2) is 4.79 Å². The number of carboxylic acids is 1. The second kappa shape index (κ2) is 4.84. The van der Waals surface area contributed by atoms with Gasteiger partial charge in [0.25, 0.3) is 0 Å². The molecule has 0 unspecified atom stereocenters. The number of benzene rings is 1. The minimum atomic E-state index is -0.851. The summed E-state index contributed by atoms with van der Waals surface area (Å²) in [6.45, 7) is 0.874. The van der Waals surface area contributed by atoms with Crippen LogP contribution in [0.2, 0.25) is 0 Å². The van der Waals surface area contributed by atoms with Crippen molar-refractivity contribution >= 4 is 11.5 Å². The largest absolute Gasteiger partial charge is 0.478 e. The average Bonchev–Trinajstić information content (AvgIpc) is 2.31. The van der Waals surface area contributed by atoms with Crippen LogP contribution >= 0.6 is 0 Å². The number of piperidine rings is 1. The lowest BCUT2D eigenvalue weighted by Crippen LogP contribution is -2.23. The maximum absolute atomic E-state index is 11.3. The van der Waals surface area contributed by atoms with Crippen LogP contribution in [0.3, 0.4) is 0 Å². The van der Waals surface area contributed by atoms with Gasteiger partial charge < -0.3 is 10.4 Å². The van der Waals surface area contributed by atoms with E-state index in [0.717, 1.165) is 37.1 Å². The topological polar surface area (TPSA) is 49.3 Å². The fraction of sp³-hybridized carbons (Fsp3) is 0.308. The van der Waals surface area contributed by atoms with Gasteiger partial charge in [0.1, 0.15) is 0 Å². The summed E-state index contributed by atoms with van der Waals surface area (Å²) in [7, 11) is 0. The molecule has 0 radical (unpaired) electrons. The van der Waals surface area contributed by atoms with Crippen molar-refractivity contribution in [3.05, 3.63) is 41.6 Å². The van der Waals surface area contributed by atoms with Crippen molar-refractivity contribution in [2.24, 2.45) is 0 Å². The highest BCUT2D eigenvalue weighted by atomic mass is 16.4. The number of aliphatic carboxylic acids is 1. The standard InChI is InChI=1S/C13H15NO2/c15-13(16)12(10-6-2-1-3-7-10)11-8-4-5-9-14-11/h1-3,6-7,14H,4-5,8-9H2,(H,15,16). The van der Waals surface area contributed by atoms with Crippen molar-refractivity contribution in [3.63, 3.8) is 0 Å². The lowest BCUT2D eigenvalue weighted by Gasteiger charge is -2.19. The first-order chi connectivity index (χ1) is 7.79. The third kappa shape index (κ3) is 2.24. The van der Waals surface area contributed by atoms with Gasteiger partial charge in [0.05, 0.1) is 5.57 Å². The van der Waals surface area contributed by atoms with Crippen molar-refractivity contribution in [2.45, 2.75) is 19.3 Å². The van der Waals surface area contributed by atoms with Crippen LogP contribution in [-0.2, 0) is 4.79 Å². The van der Waals surface area contributed by atoms with Gasteiger partial charge in [0, 0.05) is 12.2 Å². The number of rotatable bonds is 2. The molecule has 2 rings (SSSR count). The number of hydrogen-bond acceptors (Lipinski definition) is 2. The lowest BCUT2D eigenvalue weighted by molar-refractivity contribution is -0.130. The minimum absolute atomic E-state index is 0.417. The Morgan fingerprint density at radius 3 is 2.50 bits per heavy atom. The Kier molecular flexibility index (Phi) is 3.25. The van der Waals surface area contributed by atoms with E-state index in [1.165, 1.54) is 0 Å². The molecule has 2 N–H and O–H groups in total. The lowest BCUT2D eigenvalue weighted by atomic mass is 9.99. The van der Waals surface area contributed by atoms with E-state index in [4.69, 9.17) is 0 Å². The Hall–Kier alpha value is -1.77. The molecule has 0 amide bonds. The van der Waals surface area contributed by atoms with Crippen LogP contribution in [0.15, 0.2) is 36.0 Å². The quantitative estimate of drug-likeness (QED) is 0.747. The number of nitrogens with one attached hydrogen (secondary N) is 1. The average molecular weight is 217 g/mol. The molecule has 1 fully saturated rings. The second-order valence-corrected chi connectivity index (χ2v) is 3.91. The first-order valence-electron chi connectivity index (χ1n) is 5.55. The Labute approximate surface area is 94.8 Å². The molecule has 0 saturated carbocycles. The Morgan fingerprint density at radius 2 is 1.94 bits per heavy atom. The van der Waals surface area contributed by atoms with Gasteiger partial charge >= 0.3 is 5.97 Å². The first-order valence-corrected chi connectivity index (χ1v) is 5.55. The summed E-state index contributed by atoms with van der Waals surface area (Å²) in [5.41, 5.74) is 2.06. The third-order valence-electron chi connectivity index (χ3n) is 2.77. The molecule has 1 aliphatic heterocycles. The number of carboxylic acid groups (broad SMARTS) is 1. The van der Waals surface area contributed by atoms with Gasteiger partial charge in [-0.2, -0.15) is 0 Å². The molecule has 1 aromatic rings. The Balaban J connectivity index is 2.41. The van der Waals surface area contributed by atoms with Crippen LogP contribution in [-0.4, -0.2) is 17.6 Å². The highest BCUT2D eigenvalue weighted by Crippen LogP contribution is 2.23. The first kappa shape index (κ1) is 10.7. The summed E-state index contributed by atoms with van der Waals surface area (Å²) in [6, 6.07) is 9.30. The monoisotopic (exact) mass is 217 g/mol. The summed E-state index contributed by atoms with van der Waals surface area (Å²) in [5.74, 6) is -0.851. The number of carbonyl (C=O) groups is 1. The van der Waals surface area contributed by atoms with Crippen molar-refractivity contribution in [1.29, 1.82) is 0 Å². The molecule has 3 nitrogen and oxygen atoms in total. The van der Waals surface area contributed by atoms with Gasteiger partial charge in [-0.15, -0.1) is 0 Å². The second-order valence-electron chi connectivity index (χ2n) is 3.91. The van der Waals surface area contributed by atoms with E-state index < -0.39 is 5.97 Å². The molecule has 1 saturated heterocycles. The van der Waals surface area contributed by atoms with Crippen LogP contribution in [0.5, 0.6) is 0 Å². The SMILES string of the molecule is O=C(O)C(=C1CCCCN1)c1ccccc1. The number of hydrogen-bond donors (Lipinski definition) is 2. The Bertz CT molecular complexity index is 401. The van der Waals surface area contributed by atoms with Gasteiger partial charge in [-0.1, -0.05) is 30.3 Å². The van der Waals surface area contributed by atoms with Gasteiger partial charge in [0.15, 0.2) is 0 Å². The Morgan fingerprint density at radius 1 is 1.19 bits per heavy atom. The maximum Gasteiger partial charge on any atom is 0.338 e. The fourth-order valence-corrected chi connectivity index (χ4v) is 2.00. The van der Waals surface area contributed by atoms with Gasteiger partial charge in [-0.3, -0.25) is 0 Å². The zero-order valence-corrected chi connectivity index (χ0v) is 9.07.